The van der Waals surface area contributed by atoms with E-state index >= 15 is 0 Å². The van der Waals surface area contributed by atoms with Gasteiger partial charge in [-0.25, -0.2) is 13.2 Å². The van der Waals surface area contributed by atoms with E-state index in [1.165, 1.54) is 25.3 Å². The highest BCUT2D eigenvalue weighted by Crippen LogP contribution is 2.28. The van der Waals surface area contributed by atoms with Crippen LogP contribution >= 0.6 is 11.6 Å². The molecule has 0 unspecified atom stereocenters. The third kappa shape index (κ3) is 6.76. The number of carbonyl (C=O) groups is 2. The van der Waals surface area contributed by atoms with Crippen LogP contribution in [0.2, 0.25) is 5.02 Å². The zero-order valence-corrected chi connectivity index (χ0v) is 22.3. The van der Waals surface area contributed by atoms with Crippen LogP contribution in [0.1, 0.15) is 28.8 Å². The van der Waals surface area contributed by atoms with E-state index in [4.69, 9.17) is 21.1 Å². The average Bonchev–Trinajstić information content (AvgIpc) is 3.32. The van der Waals surface area contributed by atoms with E-state index in [0.717, 1.165) is 12.0 Å². The molecule has 3 aromatic carbocycles. The number of nitrogens with one attached hydrogen (secondary N) is 2. The predicted molar refractivity (Wildman–Crippen MR) is 145 cm³/mol. The molecule has 1 amide bonds. The molecule has 1 heterocycles. The van der Waals surface area contributed by atoms with Crippen LogP contribution in [0.15, 0.2) is 71.6 Å². The van der Waals surface area contributed by atoms with Crippen LogP contribution < -0.4 is 14.8 Å². The number of amides is 1. The van der Waals surface area contributed by atoms with Gasteiger partial charge in [0.15, 0.2) is 0 Å². The molecule has 1 fully saturated rings. The molecule has 1 aliphatic heterocycles. The first kappa shape index (κ1) is 27.3. The van der Waals surface area contributed by atoms with Gasteiger partial charge in [-0.05, 0) is 48.4 Å². The monoisotopic (exact) mass is 557 g/mol. The van der Waals surface area contributed by atoms with Gasteiger partial charge in [-0.3, -0.25) is 9.52 Å². The average molecular weight is 558 g/mol. The van der Waals surface area contributed by atoms with Gasteiger partial charge in [-0.15, -0.1) is 0 Å². The first-order valence-corrected chi connectivity index (χ1v) is 13.9. The lowest BCUT2D eigenvalue weighted by atomic mass is 10.2. The molecule has 38 heavy (non-hydrogen) atoms. The topological polar surface area (TPSA) is 114 Å². The fourth-order valence-electron chi connectivity index (χ4n) is 4.02. The fourth-order valence-corrected chi connectivity index (χ4v) is 5.48. The van der Waals surface area contributed by atoms with Gasteiger partial charge in [-0.1, -0.05) is 35.9 Å². The summed E-state index contributed by atoms with van der Waals surface area (Å²) in [6.45, 7) is 1.21. The van der Waals surface area contributed by atoms with Crippen molar-refractivity contribution in [3.05, 3.63) is 82.9 Å². The molecule has 200 valence electrons. The quantitative estimate of drug-likeness (QED) is 0.333. The van der Waals surface area contributed by atoms with Crippen LogP contribution in [-0.4, -0.2) is 52.0 Å². The van der Waals surface area contributed by atoms with Crippen molar-refractivity contribution in [3.63, 3.8) is 0 Å². The standard InChI is InChI=1S/C27H28ClN3O6S/c1-36-22-8-4-7-21(17-22)30-38(34,35)25-16-19(27(33)37-15-14-31-13-5-10-26(31)32)11-12-24(25)29-18-20-6-2-3-9-23(20)28/h2-4,6-9,11-12,16-17,29-30H,5,10,13-15,18H2,1H3. The Bertz CT molecular complexity index is 1430. The largest absolute Gasteiger partial charge is 0.497 e. The van der Waals surface area contributed by atoms with Gasteiger partial charge in [0, 0.05) is 30.6 Å². The van der Waals surface area contributed by atoms with Gasteiger partial charge in [0.2, 0.25) is 5.91 Å². The molecule has 0 bridgehead atoms. The van der Waals surface area contributed by atoms with Crippen molar-refractivity contribution in [2.45, 2.75) is 24.3 Å². The maximum Gasteiger partial charge on any atom is 0.338 e. The number of likely N-dealkylation sites (tertiary alicyclic amines) is 1. The summed E-state index contributed by atoms with van der Waals surface area (Å²) < 4.78 is 40.0. The van der Waals surface area contributed by atoms with E-state index in [0.29, 0.717) is 36.0 Å². The highest BCUT2D eigenvalue weighted by atomic mass is 35.5. The maximum atomic E-state index is 13.5. The molecule has 1 saturated heterocycles. The number of sulfonamides is 1. The van der Waals surface area contributed by atoms with Gasteiger partial charge >= 0.3 is 5.97 Å². The molecule has 2 N–H and O–H groups in total. The van der Waals surface area contributed by atoms with Crippen LogP contribution in [0.5, 0.6) is 5.75 Å². The Morgan fingerprint density at radius 3 is 2.63 bits per heavy atom. The number of hydrogen-bond donors (Lipinski definition) is 2. The second-order valence-corrected chi connectivity index (χ2v) is 10.7. The number of hydrogen-bond acceptors (Lipinski definition) is 7. The lowest BCUT2D eigenvalue weighted by Crippen LogP contribution is -2.29. The van der Waals surface area contributed by atoms with Gasteiger partial charge in [0.25, 0.3) is 10.0 Å². The van der Waals surface area contributed by atoms with Crippen LogP contribution in [0, 0.1) is 0 Å². The van der Waals surface area contributed by atoms with Crippen LogP contribution in [-0.2, 0) is 26.1 Å². The molecule has 11 heteroatoms. The van der Waals surface area contributed by atoms with E-state index in [-0.39, 0.29) is 35.2 Å². The third-order valence-electron chi connectivity index (χ3n) is 6.02. The molecular formula is C27H28ClN3O6S. The molecule has 9 nitrogen and oxygen atoms in total. The molecule has 4 rings (SSSR count). The Kier molecular flexibility index (Phi) is 8.75. The van der Waals surface area contributed by atoms with Crippen molar-refractivity contribution >= 4 is 44.9 Å². The van der Waals surface area contributed by atoms with Crippen molar-refractivity contribution in [2.24, 2.45) is 0 Å². The molecule has 0 radical (unpaired) electrons. The molecule has 0 aliphatic carbocycles. The molecule has 0 aromatic heterocycles. The molecule has 1 aliphatic rings. The van der Waals surface area contributed by atoms with Gasteiger partial charge < -0.3 is 19.7 Å². The number of anilines is 2. The predicted octanol–water partition coefficient (Wildman–Crippen LogP) is 4.54. The van der Waals surface area contributed by atoms with Gasteiger partial charge in [0.1, 0.15) is 17.3 Å². The van der Waals surface area contributed by atoms with E-state index in [9.17, 15) is 18.0 Å². The molecular weight excluding hydrogens is 530 g/mol. The zero-order valence-electron chi connectivity index (χ0n) is 20.8. The summed E-state index contributed by atoms with van der Waals surface area (Å²) in [6, 6.07) is 18.0. The highest BCUT2D eigenvalue weighted by Gasteiger charge is 2.23. The molecule has 3 aromatic rings. The summed E-state index contributed by atoms with van der Waals surface area (Å²) in [5.74, 6) is -0.171. The summed E-state index contributed by atoms with van der Waals surface area (Å²) in [5.41, 5.74) is 1.41. The minimum atomic E-state index is -4.14. The third-order valence-corrected chi connectivity index (χ3v) is 7.81. The number of nitrogens with zero attached hydrogens (tertiary/aromatic N) is 1. The van der Waals surface area contributed by atoms with Crippen molar-refractivity contribution in [1.29, 1.82) is 0 Å². The number of halogens is 1. The number of ether oxygens (including phenoxy) is 2. The van der Waals surface area contributed by atoms with E-state index in [1.807, 2.05) is 12.1 Å². The minimum Gasteiger partial charge on any atom is -0.497 e. The van der Waals surface area contributed by atoms with E-state index < -0.39 is 16.0 Å². The van der Waals surface area contributed by atoms with Crippen molar-refractivity contribution < 1.29 is 27.5 Å². The molecule has 0 atom stereocenters. The van der Waals surface area contributed by atoms with Crippen molar-refractivity contribution in [3.8, 4) is 5.75 Å². The lowest BCUT2D eigenvalue weighted by Gasteiger charge is -2.17. The van der Waals surface area contributed by atoms with Gasteiger partial charge in [-0.2, -0.15) is 0 Å². The Balaban J connectivity index is 1.57. The van der Waals surface area contributed by atoms with Crippen LogP contribution in [0.25, 0.3) is 0 Å². The Morgan fingerprint density at radius 1 is 1.08 bits per heavy atom. The van der Waals surface area contributed by atoms with Crippen LogP contribution in [0.4, 0.5) is 11.4 Å². The minimum absolute atomic E-state index is 0.0151. The fraction of sp³-hybridized carbons (Fsp3) is 0.259. The Labute approximate surface area is 226 Å². The number of esters is 1. The lowest BCUT2D eigenvalue weighted by molar-refractivity contribution is -0.128. The zero-order chi connectivity index (χ0) is 27.1. The summed E-state index contributed by atoms with van der Waals surface area (Å²) in [4.78, 5) is 26.0. The SMILES string of the molecule is COc1cccc(NS(=O)(=O)c2cc(C(=O)OCCN3CCCC3=O)ccc2NCc2ccccc2Cl)c1. The molecule has 0 spiro atoms. The number of rotatable bonds is 11. The smallest absolute Gasteiger partial charge is 0.338 e. The van der Waals surface area contributed by atoms with Crippen molar-refractivity contribution in [1.82, 2.24) is 4.90 Å². The maximum absolute atomic E-state index is 13.5. The first-order valence-electron chi connectivity index (χ1n) is 12.0. The second-order valence-electron chi connectivity index (χ2n) is 8.61. The second kappa shape index (κ2) is 12.2. The summed E-state index contributed by atoms with van der Waals surface area (Å²) in [7, 11) is -2.66. The first-order chi connectivity index (χ1) is 18.3. The summed E-state index contributed by atoms with van der Waals surface area (Å²) in [6.07, 6.45) is 1.29. The highest BCUT2D eigenvalue weighted by molar-refractivity contribution is 7.92. The van der Waals surface area contributed by atoms with E-state index in [2.05, 4.69) is 10.0 Å². The van der Waals surface area contributed by atoms with Gasteiger partial charge in [0.05, 0.1) is 30.6 Å². The van der Waals surface area contributed by atoms with E-state index in [1.54, 1.807) is 41.3 Å². The Hall–Kier alpha value is -3.76. The summed E-state index contributed by atoms with van der Waals surface area (Å²) >= 11 is 6.26. The van der Waals surface area contributed by atoms with Crippen molar-refractivity contribution in [2.75, 3.05) is 36.8 Å². The number of methoxy groups -OCH3 is 1. The molecule has 0 saturated carbocycles. The summed E-state index contributed by atoms with van der Waals surface area (Å²) in [5, 5.41) is 3.65. The van der Waals surface area contributed by atoms with Crippen LogP contribution in [0.3, 0.4) is 0 Å². The normalized spacial score (nSPS) is 13.3. The number of carbonyl (C=O) groups excluding carboxylic acids is 2. The Morgan fingerprint density at radius 2 is 1.89 bits per heavy atom. The number of benzene rings is 3.